The van der Waals surface area contributed by atoms with Crippen LogP contribution < -0.4 is 11.5 Å². The first-order valence-corrected chi connectivity index (χ1v) is 11.3. The zero-order valence-corrected chi connectivity index (χ0v) is 19.0. The maximum absolute atomic E-state index is 13.7. The Kier molecular flexibility index (Phi) is 4.78. The van der Waals surface area contributed by atoms with E-state index in [9.17, 15) is 9.18 Å². The number of nitrogens with zero attached hydrogens (tertiary/aromatic N) is 6. The summed E-state index contributed by atoms with van der Waals surface area (Å²) in [6.45, 7) is 1.08. The minimum absolute atomic E-state index is 0.0334. The third kappa shape index (κ3) is 3.50. The number of nitrogens with two attached hydrogens (primary N) is 2. The smallest absolute Gasteiger partial charge is 0.274 e. The van der Waals surface area contributed by atoms with E-state index < -0.39 is 0 Å². The Morgan fingerprint density at radius 2 is 1.89 bits per heavy atom. The summed E-state index contributed by atoms with van der Waals surface area (Å²) in [6, 6.07) is 11.9. The molecule has 5 aromatic rings. The average Bonchev–Trinajstić information content (AvgIpc) is 3.58. The number of imidazole rings is 2. The van der Waals surface area contributed by atoms with Crippen LogP contribution >= 0.6 is 0 Å². The second-order valence-corrected chi connectivity index (χ2v) is 8.88. The van der Waals surface area contributed by atoms with Gasteiger partial charge in [-0.15, -0.1) is 0 Å². The fourth-order valence-electron chi connectivity index (χ4n) is 4.66. The third-order valence-electron chi connectivity index (χ3n) is 6.48. The van der Waals surface area contributed by atoms with Crippen molar-refractivity contribution in [2.75, 3.05) is 18.8 Å². The number of aryl methyl sites for hydroxylation is 1. The molecule has 4 heterocycles. The maximum atomic E-state index is 13.7. The number of fused-ring (bicyclic) bond motifs is 2. The molecule has 1 saturated heterocycles. The van der Waals surface area contributed by atoms with Gasteiger partial charge in [0.25, 0.3) is 5.91 Å². The van der Waals surface area contributed by atoms with Gasteiger partial charge in [0.2, 0.25) is 0 Å². The van der Waals surface area contributed by atoms with Gasteiger partial charge < -0.3 is 20.9 Å². The lowest BCUT2D eigenvalue weighted by Gasteiger charge is -2.14. The van der Waals surface area contributed by atoms with Crippen LogP contribution in [0.5, 0.6) is 0 Å². The summed E-state index contributed by atoms with van der Waals surface area (Å²) in [6.07, 6.45) is 4.20. The molecule has 1 atom stereocenters. The summed E-state index contributed by atoms with van der Waals surface area (Å²) in [5.41, 5.74) is 17.5. The van der Waals surface area contributed by atoms with Gasteiger partial charge in [0.1, 0.15) is 11.5 Å². The maximum Gasteiger partial charge on any atom is 0.274 e. The van der Waals surface area contributed by atoms with Gasteiger partial charge in [-0.25, -0.2) is 19.3 Å². The second-order valence-electron chi connectivity index (χ2n) is 8.88. The lowest BCUT2D eigenvalue weighted by atomic mass is 10.0. The number of amides is 1. The van der Waals surface area contributed by atoms with Crippen LogP contribution in [0.1, 0.15) is 16.9 Å². The number of benzene rings is 2. The molecule has 0 radical (unpaired) electrons. The third-order valence-corrected chi connectivity index (χ3v) is 6.48. The van der Waals surface area contributed by atoms with Gasteiger partial charge in [-0.2, -0.15) is 0 Å². The summed E-state index contributed by atoms with van der Waals surface area (Å²) in [5.74, 6) is -0.371. The Bertz CT molecular complexity index is 1600. The molecule has 1 aliphatic rings. The monoisotopic (exact) mass is 470 g/mol. The molecule has 176 valence electrons. The summed E-state index contributed by atoms with van der Waals surface area (Å²) >= 11 is 0. The molecule has 9 nitrogen and oxygen atoms in total. The summed E-state index contributed by atoms with van der Waals surface area (Å²) in [4.78, 5) is 28.5. The zero-order valence-electron chi connectivity index (χ0n) is 19.0. The van der Waals surface area contributed by atoms with Crippen LogP contribution in [0.15, 0.2) is 55.0 Å². The molecule has 3 aromatic heterocycles. The largest absolute Gasteiger partial charge is 0.381 e. The van der Waals surface area contributed by atoms with E-state index in [0.717, 1.165) is 23.0 Å². The van der Waals surface area contributed by atoms with Crippen LogP contribution in [0, 0.1) is 5.82 Å². The molecule has 2 aromatic carbocycles. The van der Waals surface area contributed by atoms with E-state index >= 15 is 0 Å². The highest BCUT2D eigenvalue weighted by molar-refractivity contribution is 5.95. The van der Waals surface area contributed by atoms with E-state index in [-0.39, 0.29) is 29.3 Å². The average molecular weight is 471 g/mol. The molecule has 1 amide bonds. The highest BCUT2D eigenvalue weighted by atomic mass is 19.1. The Hall–Kier alpha value is -4.31. The summed E-state index contributed by atoms with van der Waals surface area (Å²) < 4.78 is 17.4. The molecule has 10 heteroatoms. The van der Waals surface area contributed by atoms with Crippen molar-refractivity contribution in [3.05, 3.63) is 66.5 Å². The van der Waals surface area contributed by atoms with E-state index in [2.05, 4.69) is 15.0 Å². The predicted octanol–water partition coefficient (Wildman–Crippen LogP) is 2.84. The molecular formula is C25H23FN8O. The number of aromatic nitrogens is 5. The minimum Gasteiger partial charge on any atom is -0.381 e. The number of likely N-dealkylation sites (tertiary alicyclic amines) is 1. The zero-order chi connectivity index (χ0) is 24.3. The molecule has 35 heavy (non-hydrogen) atoms. The molecule has 1 unspecified atom stereocenters. The number of nitrogen functional groups attached to an aromatic ring is 1. The van der Waals surface area contributed by atoms with Crippen molar-refractivity contribution in [2.45, 2.75) is 12.5 Å². The van der Waals surface area contributed by atoms with E-state index in [4.69, 9.17) is 11.5 Å². The Morgan fingerprint density at radius 1 is 1.11 bits per heavy atom. The van der Waals surface area contributed by atoms with Crippen LogP contribution in [0.4, 0.5) is 10.2 Å². The number of rotatable bonds is 3. The van der Waals surface area contributed by atoms with Gasteiger partial charge in [0.05, 0.1) is 28.7 Å². The van der Waals surface area contributed by atoms with Gasteiger partial charge in [0, 0.05) is 43.5 Å². The minimum atomic E-state index is -0.347. The number of hydrogen-bond acceptors (Lipinski definition) is 6. The van der Waals surface area contributed by atoms with Crippen LogP contribution in [-0.4, -0.2) is 53.9 Å². The van der Waals surface area contributed by atoms with Crippen molar-refractivity contribution in [3.8, 4) is 22.5 Å². The Morgan fingerprint density at radius 3 is 2.63 bits per heavy atom. The molecule has 0 aliphatic carbocycles. The van der Waals surface area contributed by atoms with Crippen LogP contribution in [0.25, 0.3) is 39.2 Å². The van der Waals surface area contributed by atoms with Gasteiger partial charge in [-0.3, -0.25) is 9.20 Å². The normalized spacial score (nSPS) is 16.0. The number of carbonyl (C=O) groups excluding carboxylic acids is 1. The number of halogens is 1. The fourth-order valence-corrected chi connectivity index (χ4v) is 4.66. The van der Waals surface area contributed by atoms with E-state index in [0.29, 0.717) is 35.7 Å². The lowest BCUT2D eigenvalue weighted by molar-refractivity contribution is 0.0786. The molecule has 4 N–H and O–H groups in total. The van der Waals surface area contributed by atoms with Crippen LogP contribution in [0.3, 0.4) is 0 Å². The van der Waals surface area contributed by atoms with Crippen molar-refractivity contribution in [2.24, 2.45) is 12.8 Å². The molecule has 0 bridgehead atoms. The van der Waals surface area contributed by atoms with Crippen LogP contribution in [-0.2, 0) is 7.05 Å². The topological polar surface area (TPSA) is 120 Å². The lowest BCUT2D eigenvalue weighted by Crippen LogP contribution is -2.32. The number of hydrogen-bond donors (Lipinski definition) is 2. The van der Waals surface area contributed by atoms with E-state index in [1.165, 1.54) is 12.1 Å². The van der Waals surface area contributed by atoms with E-state index in [1.54, 1.807) is 34.0 Å². The first-order valence-electron chi connectivity index (χ1n) is 11.3. The Balaban J connectivity index is 1.60. The van der Waals surface area contributed by atoms with Gasteiger partial charge in [-0.05, 0) is 42.8 Å². The molecule has 1 fully saturated rings. The van der Waals surface area contributed by atoms with Crippen LogP contribution in [0.2, 0.25) is 0 Å². The fraction of sp³-hybridized carbons (Fsp3) is 0.200. The molecule has 1 aliphatic heterocycles. The molecule has 0 saturated carbocycles. The summed E-state index contributed by atoms with van der Waals surface area (Å²) in [5, 5.41) is 0. The number of anilines is 1. The first kappa shape index (κ1) is 21.2. The second kappa shape index (κ2) is 7.88. The van der Waals surface area contributed by atoms with Crippen molar-refractivity contribution in [1.29, 1.82) is 0 Å². The van der Waals surface area contributed by atoms with Crippen molar-refractivity contribution >= 4 is 28.4 Å². The highest BCUT2D eigenvalue weighted by Crippen LogP contribution is 2.35. The molecule has 0 spiro atoms. The SMILES string of the molecule is Cn1cnc2ccc(-c3c(-c4ccc(F)cc4)nc(N)c4nc(C(=O)N5CCC(N)C5)cn34)cc21. The highest BCUT2D eigenvalue weighted by Gasteiger charge is 2.28. The van der Waals surface area contributed by atoms with Crippen molar-refractivity contribution in [3.63, 3.8) is 0 Å². The predicted molar refractivity (Wildman–Crippen MR) is 131 cm³/mol. The molecular weight excluding hydrogens is 447 g/mol. The summed E-state index contributed by atoms with van der Waals surface area (Å²) in [7, 11) is 1.92. The first-order chi connectivity index (χ1) is 16.9. The van der Waals surface area contributed by atoms with Crippen molar-refractivity contribution < 1.29 is 9.18 Å². The Labute approximate surface area is 199 Å². The van der Waals surface area contributed by atoms with Crippen molar-refractivity contribution in [1.82, 2.24) is 28.8 Å². The van der Waals surface area contributed by atoms with E-state index in [1.807, 2.05) is 29.8 Å². The van der Waals surface area contributed by atoms with Gasteiger partial charge in [0.15, 0.2) is 11.5 Å². The quantitative estimate of drug-likeness (QED) is 0.418. The van der Waals surface area contributed by atoms with Gasteiger partial charge >= 0.3 is 0 Å². The standard InChI is InChI=1S/C25H23FN8O/c1-32-13-29-18-7-4-15(10-20(18)32)22-21(14-2-5-16(26)6-3-14)31-23(28)24-30-19(12-34(22)24)25(35)33-9-8-17(27)11-33/h2-7,10,12-13,17H,8-9,11,27H2,1H3,(H2,28,31). The molecule has 6 rings (SSSR count). The van der Waals surface area contributed by atoms with Gasteiger partial charge in [-0.1, -0.05) is 6.07 Å². The number of carbonyl (C=O) groups is 1.